The highest BCUT2D eigenvalue weighted by Crippen LogP contribution is 2.24. The number of hydrogen-bond donors (Lipinski definition) is 1. The van der Waals surface area contributed by atoms with Crippen molar-refractivity contribution in [2.24, 2.45) is 0 Å². The van der Waals surface area contributed by atoms with Gasteiger partial charge in [0.1, 0.15) is 16.6 Å². The van der Waals surface area contributed by atoms with Gasteiger partial charge in [0.05, 0.1) is 12.1 Å². The number of amides is 1. The van der Waals surface area contributed by atoms with Gasteiger partial charge in [0.25, 0.3) is 0 Å². The number of nitrogens with zero attached hydrogens (tertiary/aromatic N) is 1. The highest BCUT2D eigenvalue weighted by atomic mass is 32.1. The molecule has 2 aromatic carbocycles. The van der Waals surface area contributed by atoms with Gasteiger partial charge in [0.15, 0.2) is 0 Å². The molecule has 116 valence electrons. The van der Waals surface area contributed by atoms with Crippen molar-refractivity contribution in [2.75, 3.05) is 5.32 Å². The molecular weight excluding hydrogens is 318 g/mol. The molecule has 0 bridgehead atoms. The van der Waals surface area contributed by atoms with E-state index in [9.17, 15) is 13.6 Å². The van der Waals surface area contributed by atoms with Gasteiger partial charge < -0.3 is 5.32 Å². The Balaban J connectivity index is 1.68. The van der Waals surface area contributed by atoms with Crippen LogP contribution in [0, 0.1) is 11.6 Å². The summed E-state index contributed by atoms with van der Waals surface area (Å²) in [6, 6.07) is 11.8. The second kappa shape index (κ2) is 6.66. The monoisotopic (exact) mass is 330 g/mol. The second-order valence-electron chi connectivity index (χ2n) is 4.89. The van der Waals surface area contributed by atoms with E-state index in [4.69, 9.17) is 0 Å². The molecule has 0 aliphatic rings. The van der Waals surface area contributed by atoms with Gasteiger partial charge >= 0.3 is 0 Å². The van der Waals surface area contributed by atoms with Gasteiger partial charge in [-0.15, -0.1) is 11.3 Å². The number of halogens is 2. The number of benzene rings is 2. The van der Waals surface area contributed by atoms with Gasteiger partial charge in [-0.05, 0) is 30.3 Å². The molecule has 0 saturated carbocycles. The summed E-state index contributed by atoms with van der Waals surface area (Å²) >= 11 is 1.34. The Hall–Kier alpha value is -2.60. The van der Waals surface area contributed by atoms with Crippen LogP contribution in [0.4, 0.5) is 14.5 Å². The second-order valence-corrected chi connectivity index (χ2v) is 5.75. The molecule has 0 unspecified atom stereocenters. The third kappa shape index (κ3) is 3.98. The molecule has 1 amide bonds. The normalized spacial score (nSPS) is 10.5. The van der Waals surface area contributed by atoms with Crippen LogP contribution in [-0.2, 0) is 11.2 Å². The maximum atomic E-state index is 13.2. The van der Waals surface area contributed by atoms with Crippen LogP contribution in [0.1, 0.15) is 5.69 Å². The number of carbonyl (C=O) groups excluding carboxylic acids is 1. The highest BCUT2D eigenvalue weighted by molar-refractivity contribution is 7.13. The van der Waals surface area contributed by atoms with Crippen molar-refractivity contribution in [3.8, 4) is 10.6 Å². The van der Waals surface area contributed by atoms with Crippen molar-refractivity contribution in [3.63, 3.8) is 0 Å². The lowest BCUT2D eigenvalue weighted by molar-refractivity contribution is -0.115. The molecule has 0 fully saturated rings. The standard InChI is InChI=1S/C17H12F2N2OS/c18-12-4-1-3-11(7-12)17-21-15(10-23-17)9-16(22)20-14-6-2-5-13(19)8-14/h1-8,10H,9H2,(H,20,22). The zero-order chi connectivity index (χ0) is 16.2. The van der Waals surface area contributed by atoms with Crippen molar-refractivity contribution < 1.29 is 13.6 Å². The maximum Gasteiger partial charge on any atom is 0.230 e. The van der Waals surface area contributed by atoms with Crippen molar-refractivity contribution in [1.29, 1.82) is 0 Å². The number of thiazole rings is 1. The van der Waals surface area contributed by atoms with Crippen molar-refractivity contribution in [3.05, 3.63) is 71.2 Å². The molecule has 1 N–H and O–H groups in total. The van der Waals surface area contributed by atoms with E-state index in [2.05, 4.69) is 10.3 Å². The van der Waals surface area contributed by atoms with E-state index in [1.54, 1.807) is 23.6 Å². The minimum absolute atomic E-state index is 0.0718. The van der Waals surface area contributed by atoms with Crippen molar-refractivity contribution >= 4 is 22.9 Å². The largest absolute Gasteiger partial charge is 0.326 e. The van der Waals surface area contributed by atoms with Crippen LogP contribution in [0.25, 0.3) is 10.6 Å². The number of anilines is 1. The van der Waals surface area contributed by atoms with E-state index in [-0.39, 0.29) is 18.1 Å². The van der Waals surface area contributed by atoms with E-state index in [0.717, 1.165) is 0 Å². The molecule has 0 atom stereocenters. The first-order valence-electron chi connectivity index (χ1n) is 6.86. The minimum atomic E-state index is -0.412. The lowest BCUT2D eigenvalue weighted by Crippen LogP contribution is -2.14. The smallest absolute Gasteiger partial charge is 0.230 e. The minimum Gasteiger partial charge on any atom is -0.326 e. The predicted octanol–water partition coefficient (Wildman–Crippen LogP) is 4.27. The average molecular weight is 330 g/mol. The molecule has 1 aromatic heterocycles. The van der Waals surface area contributed by atoms with Crippen LogP contribution < -0.4 is 5.32 Å². The van der Waals surface area contributed by atoms with E-state index in [0.29, 0.717) is 22.0 Å². The first kappa shape index (κ1) is 15.3. The summed E-state index contributed by atoms with van der Waals surface area (Å²) in [4.78, 5) is 16.3. The fraction of sp³-hybridized carbons (Fsp3) is 0.0588. The Morgan fingerprint density at radius 3 is 2.57 bits per heavy atom. The van der Waals surface area contributed by atoms with Crippen LogP contribution in [0.2, 0.25) is 0 Å². The lowest BCUT2D eigenvalue weighted by Gasteiger charge is -2.03. The zero-order valence-electron chi connectivity index (χ0n) is 11.9. The Bertz CT molecular complexity index is 848. The van der Waals surface area contributed by atoms with E-state index in [1.807, 2.05) is 0 Å². The van der Waals surface area contributed by atoms with E-state index < -0.39 is 5.82 Å². The summed E-state index contributed by atoms with van der Waals surface area (Å²) in [5.74, 6) is -1.03. The topological polar surface area (TPSA) is 42.0 Å². The number of hydrogen-bond acceptors (Lipinski definition) is 3. The van der Waals surface area contributed by atoms with Gasteiger partial charge in [0.2, 0.25) is 5.91 Å². The van der Waals surface area contributed by atoms with Gasteiger partial charge in [-0.1, -0.05) is 18.2 Å². The molecule has 0 spiro atoms. The third-order valence-electron chi connectivity index (χ3n) is 3.07. The lowest BCUT2D eigenvalue weighted by atomic mass is 10.2. The summed E-state index contributed by atoms with van der Waals surface area (Å²) in [6.45, 7) is 0. The summed E-state index contributed by atoms with van der Waals surface area (Å²) in [5, 5.41) is 5.02. The number of carbonyl (C=O) groups is 1. The van der Waals surface area contributed by atoms with Crippen LogP contribution in [0.15, 0.2) is 53.9 Å². The summed E-state index contributed by atoms with van der Waals surface area (Å²) < 4.78 is 26.3. The van der Waals surface area contributed by atoms with Crippen LogP contribution >= 0.6 is 11.3 Å². The first-order valence-corrected chi connectivity index (χ1v) is 7.74. The molecule has 3 rings (SSSR count). The van der Waals surface area contributed by atoms with Gasteiger partial charge in [-0.3, -0.25) is 4.79 Å². The van der Waals surface area contributed by atoms with Crippen LogP contribution in [0.5, 0.6) is 0 Å². The quantitative estimate of drug-likeness (QED) is 0.776. The molecule has 23 heavy (non-hydrogen) atoms. The predicted molar refractivity (Wildman–Crippen MR) is 86.2 cm³/mol. The molecule has 0 saturated heterocycles. The molecule has 3 nitrogen and oxygen atoms in total. The van der Waals surface area contributed by atoms with Crippen LogP contribution in [-0.4, -0.2) is 10.9 Å². The molecule has 0 aliphatic carbocycles. The summed E-state index contributed by atoms with van der Waals surface area (Å²) in [5.41, 5.74) is 1.66. The SMILES string of the molecule is O=C(Cc1csc(-c2cccc(F)c2)n1)Nc1cccc(F)c1. The maximum absolute atomic E-state index is 13.2. The van der Waals surface area contributed by atoms with Crippen molar-refractivity contribution in [2.45, 2.75) is 6.42 Å². The summed E-state index contributed by atoms with van der Waals surface area (Å²) in [6.07, 6.45) is 0.0718. The third-order valence-corrected chi connectivity index (χ3v) is 4.01. The van der Waals surface area contributed by atoms with Crippen molar-refractivity contribution in [1.82, 2.24) is 4.98 Å². The average Bonchev–Trinajstić information content (AvgIpc) is 2.95. The molecular formula is C17H12F2N2OS. The van der Waals surface area contributed by atoms with E-state index >= 15 is 0 Å². The van der Waals surface area contributed by atoms with E-state index in [1.165, 1.54) is 41.7 Å². The fourth-order valence-corrected chi connectivity index (χ4v) is 2.89. The zero-order valence-corrected chi connectivity index (χ0v) is 12.7. The Morgan fingerprint density at radius 1 is 1.09 bits per heavy atom. The molecule has 0 aliphatic heterocycles. The first-order chi connectivity index (χ1) is 11.1. The van der Waals surface area contributed by atoms with Gasteiger partial charge in [-0.25, -0.2) is 13.8 Å². The fourth-order valence-electron chi connectivity index (χ4n) is 2.08. The Labute approximate surface area is 135 Å². The Morgan fingerprint density at radius 2 is 1.83 bits per heavy atom. The number of rotatable bonds is 4. The Kier molecular flexibility index (Phi) is 4.43. The van der Waals surface area contributed by atoms with Crippen LogP contribution in [0.3, 0.4) is 0 Å². The molecule has 1 heterocycles. The van der Waals surface area contributed by atoms with Gasteiger partial charge in [0, 0.05) is 16.6 Å². The highest BCUT2D eigenvalue weighted by Gasteiger charge is 2.10. The number of nitrogens with one attached hydrogen (secondary N) is 1. The molecule has 0 radical (unpaired) electrons. The molecule has 3 aromatic rings. The van der Waals surface area contributed by atoms with Gasteiger partial charge in [-0.2, -0.15) is 0 Å². The number of aromatic nitrogens is 1. The summed E-state index contributed by atoms with van der Waals surface area (Å²) in [7, 11) is 0. The molecule has 6 heteroatoms.